The van der Waals surface area contributed by atoms with Crippen LogP contribution in [-0.4, -0.2) is 46.3 Å². The smallest absolute Gasteiger partial charge is 0.248 e. The van der Waals surface area contributed by atoms with Crippen LogP contribution in [0.2, 0.25) is 0 Å². The van der Waals surface area contributed by atoms with Crippen molar-refractivity contribution in [2.75, 3.05) is 25.4 Å². The number of nitrogens with zero attached hydrogens (tertiary/aromatic N) is 1. The number of nitrogens with two attached hydrogens (primary N) is 1. The largest absolute Gasteiger partial charge is 0.508 e. The van der Waals surface area contributed by atoms with E-state index in [0.29, 0.717) is 11.3 Å². The first kappa shape index (κ1) is 19.6. The molecule has 1 aromatic heterocycles. The maximum absolute atomic E-state index is 11.4. The number of H-pyrrole nitrogens is 1. The number of nitrogens with one attached hydrogen (secondary N) is 1. The van der Waals surface area contributed by atoms with E-state index in [-0.39, 0.29) is 0 Å². The van der Waals surface area contributed by atoms with Gasteiger partial charge in [-0.2, -0.15) is 11.8 Å². The number of aromatic nitrogens is 1. The van der Waals surface area contributed by atoms with Crippen molar-refractivity contribution in [1.82, 2.24) is 9.88 Å². The Morgan fingerprint density at radius 1 is 1.21 bits per heavy atom. The number of rotatable bonds is 7. The Bertz CT molecular complexity index is 1040. The molecule has 0 bridgehead atoms. The number of hydrogen-bond donors (Lipinski definition) is 3. The van der Waals surface area contributed by atoms with Gasteiger partial charge in [-0.15, -0.1) is 0 Å². The third-order valence-corrected chi connectivity index (χ3v) is 6.38. The van der Waals surface area contributed by atoms with Crippen LogP contribution >= 0.6 is 11.8 Å². The molecule has 6 heteroatoms. The molecule has 2 heterocycles. The van der Waals surface area contributed by atoms with Crippen molar-refractivity contribution < 1.29 is 9.90 Å². The molecular formula is C23H25N3O2S. The molecule has 0 spiro atoms. The maximum Gasteiger partial charge on any atom is 0.248 e. The zero-order valence-corrected chi connectivity index (χ0v) is 17.0. The highest BCUT2D eigenvalue weighted by Crippen LogP contribution is 2.26. The number of carbonyl (C=O) groups is 1. The van der Waals surface area contributed by atoms with E-state index in [4.69, 9.17) is 5.73 Å². The third-order valence-electron chi connectivity index (χ3n) is 5.39. The fourth-order valence-electron chi connectivity index (χ4n) is 3.68. The van der Waals surface area contributed by atoms with Gasteiger partial charge in [0.1, 0.15) is 5.75 Å². The Balaban J connectivity index is 1.27. The van der Waals surface area contributed by atoms with Crippen molar-refractivity contribution >= 4 is 34.1 Å². The SMILES string of the molecule is NC(=O)c1ccc2[nH]cc(CSCCN3CC=C(c4ccc(O)cc4)CC3)c2c1. The summed E-state index contributed by atoms with van der Waals surface area (Å²) in [5.41, 5.74) is 10.8. The van der Waals surface area contributed by atoms with Crippen molar-refractivity contribution in [3.63, 3.8) is 0 Å². The van der Waals surface area contributed by atoms with Gasteiger partial charge in [-0.1, -0.05) is 18.2 Å². The van der Waals surface area contributed by atoms with E-state index in [1.807, 2.05) is 42.2 Å². The number of benzene rings is 2. The lowest BCUT2D eigenvalue weighted by atomic mass is 9.99. The molecule has 3 aromatic rings. The summed E-state index contributed by atoms with van der Waals surface area (Å²) in [6, 6.07) is 13.0. The topological polar surface area (TPSA) is 82.4 Å². The molecule has 2 aromatic carbocycles. The summed E-state index contributed by atoms with van der Waals surface area (Å²) >= 11 is 1.91. The number of aromatic hydroxyl groups is 1. The molecule has 0 radical (unpaired) electrons. The highest BCUT2D eigenvalue weighted by atomic mass is 32.2. The Kier molecular flexibility index (Phi) is 5.92. The Labute approximate surface area is 174 Å². The normalized spacial score (nSPS) is 14.8. The number of hydrogen-bond acceptors (Lipinski definition) is 4. The molecule has 0 aliphatic carbocycles. The summed E-state index contributed by atoms with van der Waals surface area (Å²) in [5, 5.41) is 10.5. The molecule has 1 aliphatic rings. The monoisotopic (exact) mass is 407 g/mol. The molecular weight excluding hydrogens is 382 g/mol. The Morgan fingerprint density at radius 2 is 2.03 bits per heavy atom. The Morgan fingerprint density at radius 3 is 2.76 bits per heavy atom. The summed E-state index contributed by atoms with van der Waals surface area (Å²) in [5.74, 6) is 1.89. The molecule has 150 valence electrons. The van der Waals surface area contributed by atoms with Crippen molar-refractivity contribution in [2.24, 2.45) is 5.73 Å². The lowest BCUT2D eigenvalue weighted by Crippen LogP contribution is -2.30. The van der Waals surface area contributed by atoms with E-state index in [9.17, 15) is 9.90 Å². The van der Waals surface area contributed by atoms with E-state index in [1.165, 1.54) is 16.7 Å². The lowest BCUT2D eigenvalue weighted by molar-refractivity contribution is 0.100. The van der Waals surface area contributed by atoms with E-state index in [2.05, 4.69) is 16.0 Å². The fraction of sp³-hybridized carbons (Fsp3) is 0.261. The van der Waals surface area contributed by atoms with Gasteiger partial charge in [-0.3, -0.25) is 9.69 Å². The number of aromatic amines is 1. The molecule has 29 heavy (non-hydrogen) atoms. The van der Waals surface area contributed by atoms with Gasteiger partial charge >= 0.3 is 0 Å². The van der Waals surface area contributed by atoms with Gasteiger partial charge in [0.25, 0.3) is 0 Å². The number of fused-ring (bicyclic) bond motifs is 1. The van der Waals surface area contributed by atoms with Crippen LogP contribution in [0.3, 0.4) is 0 Å². The van der Waals surface area contributed by atoms with E-state index in [1.54, 1.807) is 18.2 Å². The van der Waals surface area contributed by atoms with Crippen molar-refractivity contribution in [3.8, 4) is 5.75 Å². The summed E-state index contributed by atoms with van der Waals surface area (Å²) in [4.78, 5) is 17.2. The van der Waals surface area contributed by atoms with Gasteiger partial charge < -0.3 is 15.8 Å². The van der Waals surface area contributed by atoms with Gasteiger partial charge in [0.2, 0.25) is 5.91 Å². The van der Waals surface area contributed by atoms with Crippen molar-refractivity contribution in [1.29, 1.82) is 0 Å². The lowest BCUT2D eigenvalue weighted by Gasteiger charge is -2.26. The molecule has 4 N–H and O–H groups in total. The average Bonchev–Trinajstić information content (AvgIpc) is 3.14. The van der Waals surface area contributed by atoms with Crippen LogP contribution in [0.25, 0.3) is 16.5 Å². The summed E-state index contributed by atoms with van der Waals surface area (Å²) in [7, 11) is 0. The molecule has 0 saturated carbocycles. The van der Waals surface area contributed by atoms with Crippen molar-refractivity contribution in [2.45, 2.75) is 12.2 Å². The first-order valence-corrected chi connectivity index (χ1v) is 10.9. The van der Waals surface area contributed by atoms with Crippen molar-refractivity contribution in [3.05, 3.63) is 71.4 Å². The highest BCUT2D eigenvalue weighted by Gasteiger charge is 2.13. The minimum atomic E-state index is -0.392. The van der Waals surface area contributed by atoms with Gasteiger partial charge in [0, 0.05) is 53.8 Å². The number of thioether (sulfide) groups is 1. The van der Waals surface area contributed by atoms with E-state index in [0.717, 1.165) is 48.5 Å². The average molecular weight is 408 g/mol. The number of phenolic OH excluding ortho intramolecular Hbond substituents is 1. The first-order valence-electron chi connectivity index (χ1n) is 9.78. The number of amides is 1. The number of phenols is 1. The summed E-state index contributed by atoms with van der Waals surface area (Å²) in [6.45, 7) is 3.08. The van der Waals surface area contributed by atoms with Crippen LogP contribution in [0.4, 0.5) is 0 Å². The summed E-state index contributed by atoms with van der Waals surface area (Å²) in [6.07, 6.45) is 5.36. The molecule has 4 rings (SSSR count). The van der Waals surface area contributed by atoms with Crippen LogP contribution in [0.15, 0.2) is 54.7 Å². The number of carbonyl (C=O) groups excluding carboxylic acids is 1. The third kappa shape index (κ3) is 4.66. The second kappa shape index (κ2) is 8.76. The van der Waals surface area contributed by atoms with Gasteiger partial charge in [0.05, 0.1) is 0 Å². The van der Waals surface area contributed by atoms with E-state index >= 15 is 0 Å². The van der Waals surface area contributed by atoms with Gasteiger partial charge in [-0.05, 0) is 53.5 Å². The molecule has 0 atom stereocenters. The molecule has 0 saturated heterocycles. The zero-order valence-electron chi connectivity index (χ0n) is 16.2. The maximum atomic E-state index is 11.4. The van der Waals surface area contributed by atoms with E-state index < -0.39 is 5.91 Å². The fourth-order valence-corrected chi connectivity index (χ4v) is 4.67. The van der Waals surface area contributed by atoms with Crippen LogP contribution in [0.5, 0.6) is 5.75 Å². The summed E-state index contributed by atoms with van der Waals surface area (Å²) < 4.78 is 0. The second-order valence-corrected chi connectivity index (χ2v) is 8.42. The van der Waals surface area contributed by atoms with Crippen LogP contribution < -0.4 is 5.73 Å². The minimum absolute atomic E-state index is 0.310. The second-order valence-electron chi connectivity index (χ2n) is 7.32. The van der Waals surface area contributed by atoms with Crippen LogP contribution in [0, 0.1) is 0 Å². The molecule has 0 fully saturated rings. The number of primary amides is 1. The Hall–Kier alpha value is -2.70. The first-order chi connectivity index (χ1) is 14.1. The van der Waals surface area contributed by atoms with Gasteiger partial charge in [0.15, 0.2) is 0 Å². The standard InChI is InChI=1S/C23H25N3O2S/c24-23(28)18-3-6-22-21(13-18)19(14-25-22)15-29-12-11-26-9-7-17(8-10-26)16-1-4-20(27)5-2-16/h1-7,13-14,25,27H,8-12,15H2,(H2,24,28). The predicted octanol–water partition coefficient (Wildman–Crippen LogP) is 3.99. The predicted molar refractivity (Wildman–Crippen MR) is 120 cm³/mol. The molecule has 5 nitrogen and oxygen atoms in total. The molecule has 0 unspecified atom stereocenters. The van der Waals surface area contributed by atoms with Crippen LogP contribution in [0.1, 0.15) is 27.9 Å². The quantitative estimate of drug-likeness (QED) is 0.517. The molecule has 1 amide bonds. The molecule has 1 aliphatic heterocycles. The van der Waals surface area contributed by atoms with Gasteiger partial charge in [-0.25, -0.2) is 0 Å². The minimum Gasteiger partial charge on any atom is -0.508 e. The zero-order chi connectivity index (χ0) is 20.2. The van der Waals surface area contributed by atoms with Crippen LogP contribution in [-0.2, 0) is 5.75 Å². The highest BCUT2D eigenvalue weighted by molar-refractivity contribution is 7.98.